The fourth-order valence-corrected chi connectivity index (χ4v) is 4.14. The number of aliphatic hydroxyl groups excluding tert-OH is 1. The second-order valence-electron chi connectivity index (χ2n) is 7.52. The van der Waals surface area contributed by atoms with Crippen LogP contribution in [0, 0.1) is 5.92 Å². The van der Waals surface area contributed by atoms with Gasteiger partial charge in [0.1, 0.15) is 12.7 Å². The van der Waals surface area contributed by atoms with E-state index in [4.69, 9.17) is 4.74 Å². The van der Waals surface area contributed by atoms with E-state index in [1.165, 1.54) is 12.8 Å². The van der Waals surface area contributed by atoms with Gasteiger partial charge in [-0.1, -0.05) is 0 Å². The van der Waals surface area contributed by atoms with Gasteiger partial charge in [0, 0.05) is 39.3 Å². The van der Waals surface area contributed by atoms with E-state index >= 15 is 0 Å². The normalized spacial score (nSPS) is 31.2. The van der Waals surface area contributed by atoms with Gasteiger partial charge in [0.05, 0.1) is 18.3 Å². The summed E-state index contributed by atoms with van der Waals surface area (Å²) in [5.41, 5.74) is 0. The molecule has 136 valence electrons. The smallest absolute Gasteiger partial charge is 0.137 e. The number of hydrogen-bond acceptors (Lipinski definition) is 6. The quantitative estimate of drug-likeness (QED) is 0.813. The second-order valence-corrected chi connectivity index (χ2v) is 7.52. The van der Waals surface area contributed by atoms with Crippen molar-refractivity contribution < 1.29 is 9.84 Å². The molecule has 2 fully saturated rings. The zero-order chi connectivity index (χ0) is 16.9. The van der Waals surface area contributed by atoms with Crippen LogP contribution in [0.3, 0.4) is 0 Å². The zero-order valence-corrected chi connectivity index (χ0v) is 14.9. The summed E-state index contributed by atoms with van der Waals surface area (Å²) in [4.78, 5) is 8.75. The van der Waals surface area contributed by atoms with Crippen LogP contribution in [0.25, 0.3) is 0 Å². The predicted molar refractivity (Wildman–Crippen MR) is 91.6 cm³/mol. The zero-order valence-electron chi connectivity index (χ0n) is 14.9. The highest BCUT2D eigenvalue weighted by molar-refractivity contribution is 4.79. The lowest BCUT2D eigenvalue weighted by atomic mass is 9.98. The number of hydrogen-bond donors (Lipinski definition) is 1. The first-order valence-corrected chi connectivity index (χ1v) is 9.19. The lowest BCUT2D eigenvalue weighted by molar-refractivity contribution is -0.0785. The predicted octanol–water partition coefficient (Wildman–Crippen LogP) is 0.460. The Bertz CT molecular complexity index is 473. The van der Waals surface area contributed by atoms with Gasteiger partial charge in [-0.2, -0.15) is 5.10 Å². The molecule has 3 rings (SSSR count). The Morgan fingerprint density at radius 1 is 1.17 bits per heavy atom. The van der Waals surface area contributed by atoms with E-state index in [9.17, 15) is 5.11 Å². The first-order chi connectivity index (χ1) is 11.6. The summed E-state index contributed by atoms with van der Waals surface area (Å²) in [5, 5.41) is 14.7. The monoisotopic (exact) mass is 337 g/mol. The van der Waals surface area contributed by atoms with Crippen LogP contribution in [-0.2, 0) is 11.3 Å². The lowest BCUT2D eigenvalue weighted by Gasteiger charge is -2.38. The van der Waals surface area contributed by atoms with Crippen molar-refractivity contribution in [2.24, 2.45) is 5.92 Å². The van der Waals surface area contributed by atoms with Crippen molar-refractivity contribution in [1.82, 2.24) is 24.6 Å². The Labute approximate surface area is 144 Å². The Kier molecular flexibility index (Phi) is 6.21. The summed E-state index contributed by atoms with van der Waals surface area (Å²) in [7, 11) is 0. The third-order valence-corrected chi connectivity index (χ3v) is 4.95. The van der Waals surface area contributed by atoms with Gasteiger partial charge in [0.15, 0.2) is 0 Å². The molecule has 0 unspecified atom stereocenters. The van der Waals surface area contributed by atoms with Crippen LogP contribution >= 0.6 is 0 Å². The molecule has 1 N–H and O–H groups in total. The van der Waals surface area contributed by atoms with Gasteiger partial charge in [-0.15, -0.1) is 0 Å². The first-order valence-electron chi connectivity index (χ1n) is 9.19. The maximum absolute atomic E-state index is 10.5. The van der Waals surface area contributed by atoms with Crippen molar-refractivity contribution in [3.63, 3.8) is 0 Å². The van der Waals surface area contributed by atoms with E-state index in [1.807, 2.05) is 4.68 Å². The van der Waals surface area contributed by atoms with Gasteiger partial charge >= 0.3 is 0 Å². The first kappa shape index (κ1) is 17.8. The molecule has 24 heavy (non-hydrogen) atoms. The maximum Gasteiger partial charge on any atom is 0.137 e. The molecule has 0 spiro atoms. The van der Waals surface area contributed by atoms with Crippen LogP contribution in [0.1, 0.15) is 26.7 Å². The number of nitrogens with zero attached hydrogens (tertiary/aromatic N) is 5. The molecule has 0 aliphatic carbocycles. The van der Waals surface area contributed by atoms with Crippen molar-refractivity contribution in [2.75, 3.05) is 39.3 Å². The highest BCUT2D eigenvalue weighted by Gasteiger charge is 2.26. The lowest BCUT2D eigenvalue weighted by Crippen LogP contribution is -2.50. The average Bonchev–Trinajstić information content (AvgIpc) is 2.99. The fourth-order valence-electron chi connectivity index (χ4n) is 4.14. The number of β-amino-alcohol motifs (C(OH)–C–C–N with tert-alkyl or cyclic N) is 1. The van der Waals surface area contributed by atoms with Crippen LogP contribution < -0.4 is 0 Å². The number of rotatable bonds is 6. The third kappa shape index (κ3) is 5.24. The van der Waals surface area contributed by atoms with E-state index in [2.05, 4.69) is 33.7 Å². The number of likely N-dealkylation sites (tertiary alicyclic amines) is 1. The van der Waals surface area contributed by atoms with Gasteiger partial charge in [-0.25, -0.2) is 4.98 Å². The molecule has 2 aliphatic rings. The Hall–Kier alpha value is -1.02. The van der Waals surface area contributed by atoms with Gasteiger partial charge in [0.25, 0.3) is 0 Å². The van der Waals surface area contributed by atoms with Crippen molar-refractivity contribution in [2.45, 2.75) is 51.5 Å². The molecule has 0 amide bonds. The molecule has 0 radical (unpaired) electrons. The summed E-state index contributed by atoms with van der Waals surface area (Å²) in [6, 6.07) is 0. The van der Waals surface area contributed by atoms with E-state index in [0.717, 1.165) is 45.8 Å². The van der Waals surface area contributed by atoms with E-state index in [1.54, 1.807) is 12.7 Å². The van der Waals surface area contributed by atoms with Crippen LogP contribution in [0.2, 0.25) is 0 Å². The highest BCUT2D eigenvalue weighted by atomic mass is 16.5. The van der Waals surface area contributed by atoms with Gasteiger partial charge in [-0.05, 0) is 39.2 Å². The van der Waals surface area contributed by atoms with E-state index in [-0.39, 0.29) is 18.3 Å². The summed E-state index contributed by atoms with van der Waals surface area (Å²) >= 11 is 0. The number of morpholine rings is 1. The minimum absolute atomic E-state index is 0.253. The van der Waals surface area contributed by atoms with Crippen molar-refractivity contribution in [3.05, 3.63) is 12.7 Å². The summed E-state index contributed by atoms with van der Waals surface area (Å²) < 4.78 is 7.68. The van der Waals surface area contributed by atoms with Crippen LogP contribution in [0.5, 0.6) is 0 Å². The molecule has 7 heteroatoms. The average molecular weight is 337 g/mol. The van der Waals surface area contributed by atoms with Gasteiger partial charge in [0.2, 0.25) is 0 Å². The fraction of sp³-hybridized carbons (Fsp3) is 0.882. The van der Waals surface area contributed by atoms with Crippen LogP contribution in [-0.4, -0.2) is 87.3 Å². The third-order valence-electron chi connectivity index (χ3n) is 4.95. The van der Waals surface area contributed by atoms with E-state index in [0.29, 0.717) is 5.92 Å². The van der Waals surface area contributed by atoms with Gasteiger partial charge in [-0.3, -0.25) is 9.58 Å². The van der Waals surface area contributed by atoms with Crippen LogP contribution in [0.4, 0.5) is 0 Å². The largest absolute Gasteiger partial charge is 0.390 e. The molecular weight excluding hydrogens is 306 g/mol. The molecule has 0 saturated carbocycles. The Morgan fingerprint density at radius 2 is 1.92 bits per heavy atom. The molecule has 3 heterocycles. The standard InChI is InChI=1S/C17H31N5O2/c1-14-6-21(7-15(2)24-14)11-17(23)10-20-5-3-4-16(8-20)9-22-13-18-12-19-22/h12-17,23H,3-11H2,1-2H3/t14-,15-,16+,17-/m1/s1. The summed E-state index contributed by atoms with van der Waals surface area (Å²) in [5.74, 6) is 0.594. The Balaban J connectivity index is 1.42. The maximum atomic E-state index is 10.5. The number of piperidine rings is 1. The molecule has 4 atom stereocenters. The molecule has 2 saturated heterocycles. The number of aliphatic hydroxyl groups is 1. The SMILES string of the molecule is C[C@@H]1CN(C[C@H](O)CN2CCC[C@H](Cn3cncn3)C2)C[C@@H](C)O1. The van der Waals surface area contributed by atoms with Crippen molar-refractivity contribution >= 4 is 0 Å². The molecule has 2 aliphatic heterocycles. The molecule has 0 bridgehead atoms. The Morgan fingerprint density at radius 3 is 2.62 bits per heavy atom. The molecule has 1 aromatic heterocycles. The molecule has 0 aromatic carbocycles. The minimum atomic E-state index is -0.298. The molecule has 7 nitrogen and oxygen atoms in total. The summed E-state index contributed by atoms with van der Waals surface area (Å²) in [6.07, 6.45) is 6.00. The van der Waals surface area contributed by atoms with Gasteiger partial charge < -0.3 is 14.7 Å². The van der Waals surface area contributed by atoms with Crippen molar-refractivity contribution in [1.29, 1.82) is 0 Å². The molecule has 1 aromatic rings. The minimum Gasteiger partial charge on any atom is -0.390 e. The number of ether oxygens (including phenoxy) is 1. The van der Waals surface area contributed by atoms with Crippen molar-refractivity contribution in [3.8, 4) is 0 Å². The van der Waals surface area contributed by atoms with E-state index < -0.39 is 0 Å². The molecular formula is C17H31N5O2. The topological polar surface area (TPSA) is 66.7 Å². The summed E-state index contributed by atoms with van der Waals surface area (Å²) in [6.45, 7) is 10.6. The van der Waals surface area contributed by atoms with Crippen LogP contribution in [0.15, 0.2) is 12.7 Å². The second kappa shape index (κ2) is 8.38. The highest BCUT2D eigenvalue weighted by Crippen LogP contribution is 2.18. The number of aromatic nitrogens is 3.